The molecule has 1 aromatic carbocycles. The number of nitrogens with zero attached hydrogens (tertiary/aromatic N) is 1. The average Bonchev–Trinajstić information content (AvgIpc) is 2.80. The molecule has 1 atom stereocenters. The zero-order valence-electron chi connectivity index (χ0n) is 9.82. The van der Waals surface area contributed by atoms with E-state index in [0.29, 0.717) is 12.1 Å². The first-order valence-electron chi connectivity index (χ1n) is 5.78. The smallest absolute Gasteiger partial charge is 0.255 e. The molecule has 0 spiro atoms. The van der Waals surface area contributed by atoms with Gasteiger partial charge in [0.05, 0.1) is 5.56 Å². The lowest BCUT2D eigenvalue weighted by Gasteiger charge is -2.17. The molecule has 1 heterocycles. The van der Waals surface area contributed by atoms with Crippen LogP contribution < -0.4 is 0 Å². The first kappa shape index (κ1) is 12.6. The minimum atomic E-state index is 0.0523. The van der Waals surface area contributed by atoms with Gasteiger partial charge in [0.1, 0.15) is 0 Å². The van der Waals surface area contributed by atoms with E-state index < -0.39 is 0 Å². The molecule has 3 nitrogen and oxygen atoms in total. The Hall–Kier alpha value is -0.870. The van der Waals surface area contributed by atoms with E-state index in [-0.39, 0.29) is 18.4 Å². The number of rotatable bonds is 2. The number of likely N-dealkylation sites (tertiary alicyclic amines) is 1. The molecule has 1 unspecified atom stereocenters. The Morgan fingerprint density at radius 3 is 3.00 bits per heavy atom. The van der Waals surface area contributed by atoms with Gasteiger partial charge in [-0.05, 0) is 40.9 Å². The molecular formula is C13H16BrNO2. The van der Waals surface area contributed by atoms with Gasteiger partial charge in [-0.3, -0.25) is 4.79 Å². The second-order valence-corrected chi connectivity index (χ2v) is 5.32. The summed E-state index contributed by atoms with van der Waals surface area (Å²) in [5.74, 6) is 0.291. The van der Waals surface area contributed by atoms with Crippen LogP contribution in [0.25, 0.3) is 0 Å². The fourth-order valence-corrected chi connectivity index (χ4v) is 2.58. The highest BCUT2D eigenvalue weighted by Crippen LogP contribution is 2.25. The molecule has 17 heavy (non-hydrogen) atoms. The van der Waals surface area contributed by atoms with Crippen LogP contribution in [-0.2, 0) is 0 Å². The summed E-state index contributed by atoms with van der Waals surface area (Å²) in [5, 5.41) is 9.09. The predicted octanol–water partition coefficient (Wildman–Crippen LogP) is 2.21. The van der Waals surface area contributed by atoms with E-state index in [2.05, 4.69) is 15.9 Å². The maximum absolute atomic E-state index is 12.3. The number of aryl methyl sites for hydroxylation is 1. The monoisotopic (exact) mass is 297 g/mol. The number of benzene rings is 1. The highest BCUT2D eigenvalue weighted by Gasteiger charge is 2.27. The first-order chi connectivity index (χ1) is 8.13. The molecule has 1 amide bonds. The highest BCUT2D eigenvalue weighted by molar-refractivity contribution is 9.10. The quantitative estimate of drug-likeness (QED) is 0.909. The van der Waals surface area contributed by atoms with Crippen LogP contribution in [0, 0.1) is 12.8 Å². The van der Waals surface area contributed by atoms with E-state index in [1.807, 2.05) is 30.0 Å². The van der Waals surface area contributed by atoms with Crippen molar-refractivity contribution in [2.45, 2.75) is 13.3 Å². The summed E-state index contributed by atoms with van der Waals surface area (Å²) < 4.78 is 0.873. The van der Waals surface area contributed by atoms with E-state index >= 15 is 0 Å². The van der Waals surface area contributed by atoms with Crippen LogP contribution >= 0.6 is 15.9 Å². The van der Waals surface area contributed by atoms with Gasteiger partial charge in [0.2, 0.25) is 0 Å². The molecule has 1 fully saturated rings. The standard InChI is InChI=1S/C13H16BrNO2/c1-9-3-2-4-11(12(9)14)13(17)15-6-5-10(7-15)8-16/h2-4,10,16H,5-8H2,1H3. The van der Waals surface area contributed by atoms with Crippen molar-refractivity contribution in [1.82, 2.24) is 4.90 Å². The molecule has 0 aliphatic carbocycles. The third kappa shape index (κ3) is 2.53. The number of aliphatic hydroxyl groups is 1. The van der Waals surface area contributed by atoms with Gasteiger partial charge >= 0.3 is 0 Å². The first-order valence-corrected chi connectivity index (χ1v) is 6.58. The van der Waals surface area contributed by atoms with Crippen molar-refractivity contribution in [3.63, 3.8) is 0 Å². The predicted molar refractivity (Wildman–Crippen MR) is 70.0 cm³/mol. The van der Waals surface area contributed by atoms with Gasteiger partial charge in [-0.25, -0.2) is 0 Å². The Labute approximate surface area is 110 Å². The van der Waals surface area contributed by atoms with Crippen molar-refractivity contribution in [2.24, 2.45) is 5.92 Å². The summed E-state index contributed by atoms with van der Waals surface area (Å²) in [6, 6.07) is 5.71. The number of halogens is 1. The molecule has 4 heteroatoms. The summed E-state index contributed by atoms with van der Waals surface area (Å²) >= 11 is 3.46. The molecular weight excluding hydrogens is 282 g/mol. The number of carbonyl (C=O) groups is 1. The van der Waals surface area contributed by atoms with Crippen LogP contribution in [-0.4, -0.2) is 35.6 Å². The highest BCUT2D eigenvalue weighted by atomic mass is 79.9. The van der Waals surface area contributed by atoms with Crippen LogP contribution in [0.1, 0.15) is 22.3 Å². The lowest BCUT2D eigenvalue weighted by atomic mass is 10.1. The van der Waals surface area contributed by atoms with Crippen molar-refractivity contribution in [3.8, 4) is 0 Å². The minimum Gasteiger partial charge on any atom is -0.396 e. The summed E-state index contributed by atoms with van der Waals surface area (Å²) in [5.41, 5.74) is 1.78. The summed E-state index contributed by atoms with van der Waals surface area (Å²) in [4.78, 5) is 14.1. The molecule has 1 N–H and O–H groups in total. The number of amides is 1. The maximum atomic E-state index is 12.3. The van der Waals surface area contributed by atoms with Crippen LogP contribution in [0.3, 0.4) is 0 Å². The van der Waals surface area contributed by atoms with Crippen molar-refractivity contribution in [2.75, 3.05) is 19.7 Å². The van der Waals surface area contributed by atoms with Gasteiger partial charge in [0, 0.05) is 30.1 Å². The van der Waals surface area contributed by atoms with Gasteiger partial charge in [-0.1, -0.05) is 12.1 Å². The average molecular weight is 298 g/mol. The Balaban J connectivity index is 2.18. The lowest BCUT2D eigenvalue weighted by Crippen LogP contribution is -2.29. The third-order valence-electron chi connectivity index (χ3n) is 3.25. The van der Waals surface area contributed by atoms with Crippen molar-refractivity contribution >= 4 is 21.8 Å². The Bertz CT molecular complexity index is 433. The van der Waals surface area contributed by atoms with Gasteiger partial charge in [-0.2, -0.15) is 0 Å². The Morgan fingerprint density at radius 2 is 2.35 bits per heavy atom. The summed E-state index contributed by atoms with van der Waals surface area (Å²) in [6.45, 7) is 3.54. The molecule has 0 radical (unpaired) electrons. The zero-order chi connectivity index (χ0) is 12.4. The minimum absolute atomic E-state index is 0.0523. The summed E-state index contributed by atoms with van der Waals surface area (Å²) in [6.07, 6.45) is 0.895. The number of carbonyl (C=O) groups excluding carboxylic acids is 1. The molecule has 1 aliphatic heterocycles. The fourth-order valence-electron chi connectivity index (χ4n) is 2.15. The maximum Gasteiger partial charge on any atom is 0.255 e. The lowest BCUT2D eigenvalue weighted by molar-refractivity contribution is 0.0781. The van der Waals surface area contributed by atoms with E-state index in [4.69, 9.17) is 5.11 Å². The van der Waals surface area contributed by atoms with Gasteiger partial charge in [0.25, 0.3) is 5.91 Å². The van der Waals surface area contributed by atoms with Crippen molar-refractivity contribution in [1.29, 1.82) is 0 Å². The molecule has 1 aliphatic rings. The number of aliphatic hydroxyl groups excluding tert-OH is 1. The number of hydrogen-bond acceptors (Lipinski definition) is 2. The molecule has 0 aromatic heterocycles. The molecule has 1 aromatic rings. The SMILES string of the molecule is Cc1cccc(C(=O)N2CCC(CO)C2)c1Br. The van der Waals surface area contributed by atoms with E-state index in [1.165, 1.54) is 0 Å². The van der Waals surface area contributed by atoms with Crippen LogP contribution in [0.15, 0.2) is 22.7 Å². The molecule has 0 bridgehead atoms. The van der Waals surface area contributed by atoms with E-state index in [1.54, 1.807) is 0 Å². The van der Waals surface area contributed by atoms with Crippen LogP contribution in [0.2, 0.25) is 0 Å². The van der Waals surface area contributed by atoms with Gasteiger partial charge in [0.15, 0.2) is 0 Å². The molecule has 0 saturated carbocycles. The third-order valence-corrected chi connectivity index (χ3v) is 4.31. The van der Waals surface area contributed by atoms with Crippen LogP contribution in [0.4, 0.5) is 0 Å². The Morgan fingerprint density at radius 1 is 1.59 bits per heavy atom. The van der Waals surface area contributed by atoms with Crippen LogP contribution in [0.5, 0.6) is 0 Å². The Kier molecular flexibility index (Phi) is 3.84. The summed E-state index contributed by atoms with van der Waals surface area (Å²) in [7, 11) is 0. The van der Waals surface area contributed by atoms with E-state index in [9.17, 15) is 4.79 Å². The normalized spacial score (nSPS) is 19.7. The molecule has 2 rings (SSSR count). The number of hydrogen-bond donors (Lipinski definition) is 1. The second-order valence-electron chi connectivity index (χ2n) is 4.52. The van der Waals surface area contributed by atoms with E-state index in [0.717, 1.165) is 23.0 Å². The van der Waals surface area contributed by atoms with Gasteiger partial charge < -0.3 is 10.0 Å². The molecule has 92 valence electrons. The van der Waals surface area contributed by atoms with Gasteiger partial charge in [-0.15, -0.1) is 0 Å². The second kappa shape index (κ2) is 5.19. The topological polar surface area (TPSA) is 40.5 Å². The van der Waals surface area contributed by atoms with Crippen molar-refractivity contribution in [3.05, 3.63) is 33.8 Å². The fraction of sp³-hybridized carbons (Fsp3) is 0.462. The van der Waals surface area contributed by atoms with Crippen molar-refractivity contribution < 1.29 is 9.90 Å². The zero-order valence-corrected chi connectivity index (χ0v) is 11.4. The largest absolute Gasteiger partial charge is 0.396 e. The molecule has 1 saturated heterocycles.